The summed E-state index contributed by atoms with van der Waals surface area (Å²) in [6.07, 6.45) is 0.981. The zero-order valence-corrected chi connectivity index (χ0v) is 23.4. The first kappa shape index (κ1) is 29.2. The minimum absolute atomic E-state index is 0.0863. The molecule has 4 N–H and O–H groups in total. The zero-order chi connectivity index (χ0) is 28.9. The number of halogens is 2. The molecule has 3 amide bonds. The van der Waals surface area contributed by atoms with Gasteiger partial charge in [-0.3, -0.25) is 19.1 Å². The molecular formula is C27H26Cl2N4O6S. The lowest BCUT2D eigenvalue weighted by Gasteiger charge is -2.30. The monoisotopic (exact) mass is 604 g/mol. The van der Waals surface area contributed by atoms with Crippen LogP contribution < -0.4 is 20.5 Å². The Hall–Kier alpha value is -3.80. The first-order chi connectivity index (χ1) is 19.0. The quantitative estimate of drug-likeness (QED) is 0.336. The van der Waals surface area contributed by atoms with Crippen LogP contribution in [0.3, 0.4) is 0 Å². The number of nitrogens with two attached hydrogens (primary N) is 1. The molecule has 10 nitrogen and oxygen atoms in total. The van der Waals surface area contributed by atoms with Crippen molar-refractivity contribution in [3.05, 3.63) is 82.3 Å². The molecule has 0 saturated carbocycles. The number of carbonyl (C=O) groups excluding carboxylic acids is 3. The maximum Gasteiger partial charge on any atom is 0.262 e. The van der Waals surface area contributed by atoms with Crippen LogP contribution in [0.25, 0.3) is 0 Å². The number of ether oxygens (including phenoxy) is 1. The van der Waals surface area contributed by atoms with Gasteiger partial charge in [-0.2, -0.15) is 0 Å². The van der Waals surface area contributed by atoms with Gasteiger partial charge in [0.05, 0.1) is 22.2 Å². The summed E-state index contributed by atoms with van der Waals surface area (Å²) in [5, 5.41) is 3.23. The van der Waals surface area contributed by atoms with Gasteiger partial charge >= 0.3 is 0 Å². The zero-order valence-electron chi connectivity index (χ0n) is 21.1. The Kier molecular flexibility index (Phi) is 9.18. The van der Waals surface area contributed by atoms with Gasteiger partial charge in [0.15, 0.2) is 5.75 Å². The topological polar surface area (TPSA) is 148 Å². The normalized spacial score (nSPS) is 13.9. The Morgan fingerprint density at radius 1 is 0.950 bits per heavy atom. The Morgan fingerprint density at radius 3 is 2.27 bits per heavy atom. The number of hydrogen-bond acceptors (Lipinski definition) is 6. The van der Waals surface area contributed by atoms with E-state index in [1.54, 1.807) is 35.2 Å². The number of rotatable bonds is 9. The summed E-state index contributed by atoms with van der Waals surface area (Å²) in [5.41, 5.74) is 5.67. The fraction of sp³-hybridized carbons (Fsp3) is 0.222. The summed E-state index contributed by atoms with van der Waals surface area (Å²) in [6, 6.07) is 16.4. The van der Waals surface area contributed by atoms with Crippen LogP contribution in [0.2, 0.25) is 10.0 Å². The van der Waals surface area contributed by atoms with E-state index in [9.17, 15) is 22.8 Å². The molecule has 40 heavy (non-hydrogen) atoms. The third-order valence-corrected chi connectivity index (χ3v) is 8.23. The van der Waals surface area contributed by atoms with Crippen molar-refractivity contribution in [1.29, 1.82) is 0 Å². The SMILES string of the molecule is NC(=O)C1CCN(C(=O)CNC(=O)c2ccc(S(=O)(=O)Nc3ccccc3Oc3ccc(Cl)cc3Cl)cc2)CC1. The van der Waals surface area contributed by atoms with E-state index in [0.29, 0.717) is 36.7 Å². The van der Waals surface area contributed by atoms with Gasteiger partial charge in [-0.25, -0.2) is 8.42 Å². The predicted octanol–water partition coefficient (Wildman–Crippen LogP) is 4.04. The van der Waals surface area contributed by atoms with Crippen molar-refractivity contribution in [2.45, 2.75) is 17.7 Å². The summed E-state index contributed by atoms with van der Waals surface area (Å²) in [6.45, 7) is 0.557. The molecule has 3 aromatic rings. The number of hydrogen-bond donors (Lipinski definition) is 3. The summed E-state index contributed by atoms with van der Waals surface area (Å²) < 4.78 is 34.4. The fourth-order valence-corrected chi connectivity index (χ4v) is 5.61. The van der Waals surface area contributed by atoms with Crippen molar-refractivity contribution in [3.63, 3.8) is 0 Å². The van der Waals surface area contributed by atoms with E-state index in [-0.39, 0.29) is 51.2 Å². The van der Waals surface area contributed by atoms with Gasteiger partial charge in [-0.05, 0) is 67.4 Å². The highest BCUT2D eigenvalue weighted by molar-refractivity contribution is 7.92. The highest BCUT2D eigenvalue weighted by atomic mass is 35.5. The van der Waals surface area contributed by atoms with E-state index >= 15 is 0 Å². The summed E-state index contributed by atoms with van der Waals surface area (Å²) in [4.78, 5) is 37.8. The predicted molar refractivity (Wildman–Crippen MR) is 151 cm³/mol. The van der Waals surface area contributed by atoms with Gasteiger partial charge in [0.25, 0.3) is 15.9 Å². The molecule has 1 fully saturated rings. The first-order valence-corrected chi connectivity index (χ1v) is 14.5. The number of amides is 3. The van der Waals surface area contributed by atoms with Crippen LogP contribution in [0.5, 0.6) is 11.5 Å². The molecule has 4 rings (SSSR count). The third kappa shape index (κ3) is 7.23. The van der Waals surface area contributed by atoms with Gasteiger partial charge in [0, 0.05) is 29.6 Å². The number of sulfonamides is 1. The number of nitrogens with one attached hydrogen (secondary N) is 2. The molecule has 0 unspecified atom stereocenters. The van der Waals surface area contributed by atoms with Crippen LogP contribution in [0.1, 0.15) is 23.2 Å². The van der Waals surface area contributed by atoms with Gasteiger partial charge in [-0.1, -0.05) is 35.3 Å². The first-order valence-electron chi connectivity index (χ1n) is 12.2. The maximum absolute atomic E-state index is 13.1. The second-order valence-corrected chi connectivity index (χ2v) is 11.6. The van der Waals surface area contributed by atoms with E-state index in [0.717, 1.165) is 0 Å². The number of para-hydroxylation sites is 2. The van der Waals surface area contributed by atoms with Crippen molar-refractivity contribution in [3.8, 4) is 11.5 Å². The molecule has 0 radical (unpaired) electrons. The Balaban J connectivity index is 1.37. The average Bonchev–Trinajstić information content (AvgIpc) is 2.94. The molecule has 1 heterocycles. The van der Waals surface area contributed by atoms with Crippen molar-refractivity contribution in [2.75, 3.05) is 24.4 Å². The highest BCUT2D eigenvalue weighted by Gasteiger charge is 2.26. The third-order valence-electron chi connectivity index (χ3n) is 6.32. The second kappa shape index (κ2) is 12.6. The maximum atomic E-state index is 13.1. The Morgan fingerprint density at radius 2 is 1.62 bits per heavy atom. The number of likely N-dealkylation sites (tertiary alicyclic amines) is 1. The minimum atomic E-state index is -4.05. The van der Waals surface area contributed by atoms with Crippen LogP contribution in [-0.4, -0.2) is 50.7 Å². The second-order valence-electron chi connectivity index (χ2n) is 9.04. The summed E-state index contributed by atoms with van der Waals surface area (Å²) in [5.74, 6) is -0.916. The summed E-state index contributed by atoms with van der Waals surface area (Å²) >= 11 is 12.1. The number of benzene rings is 3. The molecule has 0 spiro atoms. The van der Waals surface area contributed by atoms with Crippen molar-refractivity contribution in [1.82, 2.24) is 10.2 Å². The van der Waals surface area contributed by atoms with Crippen LogP contribution >= 0.6 is 23.2 Å². The van der Waals surface area contributed by atoms with E-state index in [2.05, 4.69) is 10.0 Å². The van der Waals surface area contributed by atoms with Crippen molar-refractivity contribution >= 4 is 56.6 Å². The van der Waals surface area contributed by atoms with Gasteiger partial charge in [0.1, 0.15) is 5.75 Å². The molecule has 1 aliphatic heterocycles. The number of anilines is 1. The molecule has 0 bridgehead atoms. The molecule has 0 aliphatic carbocycles. The smallest absolute Gasteiger partial charge is 0.262 e. The molecule has 0 aromatic heterocycles. The fourth-order valence-electron chi connectivity index (χ4n) is 4.09. The number of primary amides is 1. The Labute approximate surface area is 241 Å². The summed E-state index contributed by atoms with van der Waals surface area (Å²) in [7, 11) is -4.05. The number of piperidine rings is 1. The van der Waals surface area contributed by atoms with Crippen molar-refractivity contribution < 1.29 is 27.5 Å². The highest BCUT2D eigenvalue weighted by Crippen LogP contribution is 2.35. The lowest BCUT2D eigenvalue weighted by Crippen LogP contribution is -2.45. The molecule has 210 valence electrons. The van der Waals surface area contributed by atoms with E-state index in [4.69, 9.17) is 33.7 Å². The molecular weight excluding hydrogens is 579 g/mol. The molecule has 1 saturated heterocycles. The lowest BCUT2D eigenvalue weighted by molar-refractivity contribution is -0.133. The minimum Gasteiger partial charge on any atom is -0.454 e. The van der Waals surface area contributed by atoms with E-state index < -0.39 is 15.9 Å². The van der Waals surface area contributed by atoms with Gasteiger partial charge < -0.3 is 20.7 Å². The standard InChI is InChI=1S/C27H26Cl2N4O6S/c28-19-7-10-23(21(29)15-19)39-24-4-2-1-3-22(24)32-40(37,38)20-8-5-18(6-9-20)27(36)31-16-25(34)33-13-11-17(12-14-33)26(30)35/h1-10,15,17,32H,11-14,16H2,(H2,30,35)(H,31,36). The van der Waals surface area contributed by atoms with Crippen LogP contribution in [0, 0.1) is 5.92 Å². The largest absolute Gasteiger partial charge is 0.454 e. The van der Waals surface area contributed by atoms with Gasteiger partial charge in [-0.15, -0.1) is 0 Å². The molecule has 0 atom stereocenters. The number of carbonyl (C=O) groups is 3. The van der Waals surface area contributed by atoms with E-state index in [1.807, 2.05) is 0 Å². The molecule has 13 heteroatoms. The molecule has 3 aromatic carbocycles. The van der Waals surface area contributed by atoms with Crippen molar-refractivity contribution in [2.24, 2.45) is 11.7 Å². The van der Waals surface area contributed by atoms with Crippen LogP contribution in [0.15, 0.2) is 71.6 Å². The van der Waals surface area contributed by atoms with Gasteiger partial charge in [0.2, 0.25) is 11.8 Å². The average molecular weight is 606 g/mol. The van der Waals surface area contributed by atoms with Crippen LogP contribution in [-0.2, 0) is 19.6 Å². The number of nitrogens with zero attached hydrogens (tertiary/aromatic N) is 1. The Bertz CT molecular complexity index is 1520. The molecule has 1 aliphatic rings. The lowest BCUT2D eigenvalue weighted by atomic mass is 9.96. The van der Waals surface area contributed by atoms with E-state index in [1.165, 1.54) is 36.4 Å². The van der Waals surface area contributed by atoms with Crippen LogP contribution in [0.4, 0.5) is 5.69 Å².